The van der Waals surface area contributed by atoms with Crippen LogP contribution in [-0.2, 0) is 4.74 Å². The highest BCUT2D eigenvalue weighted by Crippen LogP contribution is 2.29. The van der Waals surface area contributed by atoms with Crippen molar-refractivity contribution < 1.29 is 24.1 Å². The zero-order chi connectivity index (χ0) is 22.6. The second-order valence-electron chi connectivity index (χ2n) is 8.89. The van der Waals surface area contributed by atoms with Crippen molar-refractivity contribution in [2.45, 2.75) is 24.0 Å². The standard InChI is InChI=1S/C24H30ClFN2O4/c25-19-5-7-20(8-6-19)32-18-24(30)16-27(13-14-31-17-24)15-23(29)9-11-28(12-10-23)22-4-2-1-3-21(22)26/h1-8,29-30H,9-18H2. The fourth-order valence-electron chi connectivity index (χ4n) is 4.41. The van der Waals surface area contributed by atoms with Crippen LogP contribution in [0.2, 0.25) is 5.02 Å². The lowest BCUT2D eigenvalue weighted by Crippen LogP contribution is -2.55. The topological polar surface area (TPSA) is 65.4 Å². The van der Waals surface area contributed by atoms with Crippen LogP contribution in [0.4, 0.5) is 10.1 Å². The molecule has 32 heavy (non-hydrogen) atoms. The van der Waals surface area contributed by atoms with Gasteiger partial charge >= 0.3 is 0 Å². The van der Waals surface area contributed by atoms with Crippen molar-refractivity contribution in [3.05, 3.63) is 59.4 Å². The molecule has 8 heteroatoms. The molecule has 6 nitrogen and oxygen atoms in total. The molecule has 0 bridgehead atoms. The Morgan fingerprint density at radius 1 is 1.00 bits per heavy atom. The molecule has 2 aromatic carbocycles. The average molecular weight is 465 g/mol. The lowest BCUT2D eigenvalue weighted by atomic mass is 9.90. The lowest BCUT2D eigenvalue weighted by Gasteiger charge is -2.42. The van der Waals surface area contributed by atoms with Gasteiger partial charge in [0, 0.05) is 37.7 Å². The Balaban J connectivity index is 1.33. The maximum atomic E-state index is 14.1. The number of rotatable bonds is 6. The number of halogens is 2. The quantitative estimate of drug-likeness (QED) is 0.685. The maximum absolute atomic E-state index is 14.1. The molecule has 174 valence electrons. The highest BCUT2D eigenvalue weighted by atomic mass is 35.5. The number of β-amino-alcohol motifs (C(OH)–C–C–N with tert-alkyl or cyclic N) is 2. The monoisotopic (exact) mass is 464 g/mol. The van der Waals surface area contributed by atoms with E-state index in [9.17, 15) is 14.6 Å². The summed E-state index contributed by atoms with van der Waals surface area (Å²) in [4.78, 5) is 4.02. The van der Waals surface area contributed by atoms with Crippen LogP contribution in [0.3, 0.4) is 0 Å². The van der Waals surface area contributed by atoms with Gasteiger partial charge in [0.05, 0.1) is 24.5 Å². The second kappa shape index (κ2) is 9.93. The molecule has 0 amide bonds. The summed E-state index contributed by atoms with van der Waals surface area (Å²) in [6.45, 7) is 3.23. The molecule has 0 spiro atoms. The highest BCUT2D eigenvalue weighted by Gasteiger charge is 2.39. The third kappa shape index (κ3) is 5.91. The highest BCUT2D eigenvalue weighted by molar-refractivity contribution is 6.30. The molecular formula is C24H30ClFN2O4. The number of para-hydroxylation sites is 1. The van der Waals surface area contributed by atoms with Crippen LogP contribution in [0, 0.1) is 5.82 Å². The van der Waals surface area contributed by atoms with Crippen LogP contribution < -0.4 is 9.64 Å². The second-order valence-corrected chi connectivity index (χ2v) is 9.33. The van der Waals surface area contributed by atoms with Gasteiger partial charge in [-0.05, 0) is 49.2 Å². The Kier molecular flexibility index (Phi) is 7.22. The molecule has 0 saturated carbocycles. The Morgan fingerprint density at radius 2 is 1.72 bits per heavy atom. The number of benzene rings is 2. The number of anilines is 1. The van der Waals surface area contributed by atoms with Crippen molar-refractivity contribution >= 4 is 17.3 Å². The fraction of sp³-hybridized carbons (Fsp3) is 0.500. The van der Waals surface area contributed by atoms with Crippen molar-refractivity contribution in [3.63, 3.8) is 0 Å². The zero-order valence-electron chi connectivity index (χ0n) is 18.1. The van der Waals surface area contributed by atoms with Gasteiger partial charge < -0.3 is 24.6 Å². The minimum absolute atomic E-state index is 0.0740. The third-order valence-electron chi connectivity index (χ3n) is 6.17. The van der Waals surface area contributed by atoms with Gasteiger partial charge in [-0.15, -0.1) is 0 Å². The first-order chi connectivity index (χ1) is 15.3. The van der Waals surface area contributed by atoms with Crippen LogP contribution >= 0.6 is 11.6 Å². The maximum Gasteiger partial charge on any atom is 0.146 e. The molecule has 0 radical (unpaired) electrons. The van der Waals surface area contributed by atoms with E-state index < -0.39 is 11.2 Å². The molecule has 1 unspecified atom stereocenters. The van der Waals surface area contributed by atoms with E-state index in [4.69, 9.17) is 21.1 Å². The minimum atomic E-state index is -1.19. The third-order valence-corrected chi connectivity index (χ3v) is 6.42. The van der Waals surface area contributed by atoms with Crippen LogP contribution in [0.15, 0.2) is 48.5 Å². The van der Waals surface area contributed by atoms with Crippen molar-refractivity contribution in [1.82, 2.24) is 4.90 Å². The average Bonchev–Trinajstić information content (AvgIpc) is 2.95. The number of nitrogens with zero attached hydrogens (tertiary/aromatic N) is 2. The smallest absolute Gasteiger partial charge is 0.146 e. The predicted octanol–water partition coefficient (Wildman–Crippen LogP) is 2.95. The van der Waals surface area contributed by atoms with Gasteiger partial charge in [-0.3, -0.25) is 4.90 Å². The van der Waals surface area contributed by atoms with E-state index in [2.05, 4.69) is 0 Å². The number of aliphatic hydroxyl groups is 2. The van der Waals surface area contributed by atoms with Gasteiger partial charge in [0.15, 0.2) is 0 Å². The molecular weight excluding hydrogens is 435 g/mol. The van der Waals surface area contributed by atoms with Gasteiger partial charge in [0.2, 0.25) is 0 Å². The van der Waals surface area contributed by atoms with E-state index in [0.29, 0.717) is 68.6 Å². The molecule has 2 fully saturated rings. The summed E-state index contributed by atoms with van der Waals surface area (Å²) in [6, 6.07) is 13.7. The van der Waals surface area contributed by atoms with Gasteiger partial charge in [-0.25, -0.2) is 4.39 Å². The molecule has 2 aromatic rings. The molecule has 2 heterocycles. The molecule has 0 aromatic heterocycles. The summed E-state index contributed by atoms with van der Waals surface area (Å²) in [6.07, 6.45) is 1.05. The van der Waals surface area contributed by atoms with Gasteiger partial charge in [-0.1, -0.05) is 23.7 Å². The van der Waals surface area contributed by atoms with E-state index >= 15 is 0 Å². The molecule has 1 atom stereocenters. The molecule has 2 saturated heterocycles. The zero-order valence-corrected chi connectivity index (χ0v) is 18.8. The Labute approximate surface area is 193 Å². The Bertz CT molecular complexity index is 892. The van der Waals surface area contributed by atoms with Gasteiger partial charge in [0.1, 0.15) is 23.8 Å². The fourth-order valence-corrected chi connectivity index (χ4v) is 4.54. The summed E-state index contributed by atoms with van der Waals surface area (Å²) in [5, 5.41) is 23.0. The summed E-state index contributed by atoms with van der Waals surface area (Å²) in [7, 11) is 0. The number of hydrogen-bond donors (Lipinski definition) is 2. The van der Waals surface area contributed by atoms with Crippen LogP contribution in [0.5, 0.6) is 5.75 Å². The van der Waals surface area contributed by atoms with Gasteiger partial charge in [0.25, 0.3) is 0 Å². The largest absolute Gasteiger partial charge is 0.490 e. The SMILES string of the molecule is OC1(CN2CCOCC(O)(COc3ccc(Cl)cc3)C2)CCN(c2ccccc2F)CC1. The Morgan fingerprint density at radius 3 is 2.44 bits per heavy atom. The molecule has 2 N–H and O–H groups in total. The van der Waals surface area contributed by atoms with Crippen molar-refractivity contribution in [2.75, 3.05) is 57.4 Å². The first kappa shape index (κ1) is 23.3. The number of ether oxygens (including phenoxy) is 2. The van der Waals surface area contributed by atoms with E-state index in [-0.39, 0.29) is 19.0 Å². The summed E-state index contributed by atoms with van der Waals surface area (Å²) >= 11 is 5.91. The van der Waals surface area contributed by atoms with Crippen molar-refractivity contribution in [3.8, 4) is 5.75 Å². The molecule has 2 aliphatic heterocycles. The van der Waals surface area contributed by atoms with Crippen molar-refractivity contribution in [1.29, 1.82) is 0 Å². The predicted molar refractivity (Wildman–Crippen MR) is 122 cm³/mol. The van der Waals surface area contributed by atoms with E-state index in [0.717, 1.165) is 0 Å². The number of hydrogen-bond acceptors (Lipinski definition) is 6. The summed E-state index contributed by atoms with van der Waals surface area (Å²) < 4.78 is 25.5. The first-order valence-corrected chi connectivity index (χ1v) is 11.3. The molecule has 0 aliphatic carbocycles. The van der Waals surface area contributed by atoms with Crippen LogP contribution in [0.25, 0.3) is 0 Å². The first-order valence-electron chi connectivity index (χ1n) is 11.0. The summed E-state index contributed by atoms with van der Waals surface area (Å²) in [5.41, 5.74) is -1.52. The molecule has 4 rings (SSSR count). The Hall–Kier alpha value is -1.90. The summed E-state index contributed by atoms with van der Waals surface area (Å²) in [5.74, 6) is 0.381. The number of piperidine rings is 1. The van der Waals surface area contributed by atoms with Crippen LogP contribution in [-0.4, -0.2) is 78.9 Å². The van der Waals surface area contributed by atoms with Crippen LogP contribution in [0.1, 0.15) is 12.8 Å². The molecule has 2 aliphatic rings. The van der Waals surface area contributed by atoms with E-state index in [1.165, 1.54) is 6.07 Å². The lowest BCUT2D eigenvalue weighted by molar-refractivity contribution is -0.0742. The van der Waals surface area contributed by atoms with Crippen molar-refractivity contribution in [2.24, 2.45) is 0 Å². The van der Waals surface area contributed by atoms with E-state index in [1.54, 1.807) is 36.4 Å². The van der Waals surface area contributed by atoms with Gasteiger partial charge in [-0.2, -0.15) is 0 Å². The normalized spacial score (nSPS) is 24.2. The minimum Gasteiger partial charge on any atom is -0.490 e. The van der Waals surface area contributed by atoms with E-state index in [1.807, 2.05) is 15.9 Å².